The Hall–Kier alpha value is -2.78. The van der Waals surface area contributed by atoms with Crippen molar-refractivity contribution in [3.8, 4) is 0 Å². The molecule has 0 amide bonds. The average Bonchev–Trinajstić information content (AvgIpc) is 3.19. The zero-order valence-electron chi connectivity index (χ0n) is 17.1. The van der Waals surface area contributed by atoms with Crippen molar-refractivity contribution in [2.24, 2.45) is 0 Å². The summed E-state index contributed by atoms with van der Waals surface area (Å²) in [6.45, 7) is 4.33. The van der Waals surface area contributed by atoms with Crippen molar-refractivity contribution in [1.29, 1.82) is 0 Å². The van der Waals surface area contributed by atoms with Crippen molar-refractivity contribution in [3.05, 3.63) is 76.7 Å². The molecule has 0 unspecified atom stereocenters. The van der Waals surface area contributed by atoms with Crippen molar-refractivity contribution in [3.63, 3.8) is 0 Å². The van der Waals surface area contributed by atoms with Gasteiger partial charge < -0.3 is 9.84 Å². The van der Waals surface area contributed by atoms with Crippen LogP contribution in [0.5, 0.6) is 0 Å². The molecular formula is C22H23F2N3O3S. The third kappa shape index (κ3) is 4.62. The number of hydrogen-bond acceptors (Lipinski definition) is 6. The lowest BCUT2D eigenvalue weighted by Crippen LogP contribution is -2.36. The second kappa shape index (κ2) is 8.76. The van der Waals surface area contributed by atoms with Crippen LogP contribution in [-0.4, -0.2) is 31.6 Å². The van der Waals surface area contributed by atoms with Gasteiger partial charge in [0.15, 0.2) is 9.84 Å². The van der Waals surface area contributed by atoms with E-state index in [9.17, 15) is 17.2 Å². The predicted molar refractivity (Wildman–Crippen MR) is 112 cm³/mol. The highest BCUT2D eigenvalue weighted by atomic mass is 32.2. The molecular weight excluding hydrogens is 424 g/mol. The number of likely N-dealkylation sites (tertiary alicyclic amines) is 1. The first-order valence-electron chi connectivity index (χ1n) is 9.99. The van der Waals surface area contributed by atoms with Gasteiger partial charge >= 0.3 is 0 Å². The average molecular weight is 448 g/mol. The lowest BCUT2D eigenvalue weighted by molar-refractivity contribution is 0.172. The lowest BCUT2D eigenvalue weighted by atomic mass is 10.0. The van der Waals surface area contributed by atoms with Gasteiger partial charge in [-0.25, -0.2) is 17.2 Å². The molecule has 4 rings (SSSR count). The zero-order chi connectivity index (χ0) is 22.0. The van der Waals surface area contributed by atoms with Crippen molar-refractivity contribution in [1.82, 2.24) is 10.1 Å². The summed E-state index contributed by atoms with van der Waals surface area (Å²) in [4.78, 5) is 1.83. The molecule has 0 bridgehead atoms. The molecule has 0 atom stereocenters. The third-order valence-corrected chi connectivity index (χ3v) is 7.19. The van der Waals surface area contributed by atoms with Crippen molar-refractivity contribution in [2.45, 2.75) is 37.1 Å². The molecule has 0 aliphatic carbocycles. The Bertz CT molecular complexity index is 1180. The van der Waals surface area contributed by atoms with Gasteiger partial charge in [-0.3, -0.25) is 4.90 Å². The number of aromatic nitrogens is 1. The Balaban J connectivity index is 1.53. The maximum Gasteiger partial charge on any atom is 0.187 e. The summed E-state index contributed by atoms with van der Waals surface area (Å²) in [5.41, 5.74) is 2.18. The number of nitrogens with zero attached hydrogens (tertiary/aromatic N) is 2. The van der Waals surface area contributed by atoms with E-state index in [0.29, 0.717) is 17.8 Å². The summed E-state index contributed by atoms with van der Waals surface area (Å²) in [5, 5.41) is 6.64. The van der Waals surface area contributed by atoms with Gasteiger partial charge in [0, 0.05) is 36.0 Å². The minimum atomic E-state index is -3.93. The summed E-state index contributed by atoms with van der Waals surface area (Å²) in [6.07, 6.45) is 2.41. The van der Waals surface area contributed by atoms with Gasteiger partial charge in [-0.2, -0.15) is 0 Å². The minimum absolute atomic E-state index is 0.155. The molecule has 1 saturated heterocycles. The highest BCUT2D eigenvalue weighted by molar-refractivity contribution is 7.90. The number of rotatable bonds is 8. The monoisotopic (exact) mass is 447 g/mol. The second-order valence-corrected chi connectivity index (χ2v) is 9.62. The van der Waals surface area contributed by atoms with E-state index >= 15 is 0 Å². The SMILES string of the molecule is Cc1c(NCc2c(F)cccc2CN2CCC2)ccc(S(=O)(=O)Cc2ccon2)c1F. The molecule has 1 aliphatic heterocycles. The zero-order valence-corrected chi connectivity index (χ0v) is 17.9. The maximum absolute atomic E-state index is 15.0. The molecule has 0 radical (unpaired) electrons. The Morgan fingerprint density at radius 2 is 1.97 bits per heavy atom. The summed E-state index contributed by atoms with van der Waals surface area (Å²) in [6, 6.07) is 9.14. The van der Waals surface area contributed by atoms with E-state index in [1.54, 1.807) is 6.07 Å². The predicted octanol–water partition coefficient (Wildman–Crippen LogP) is 4.05. The number of benzene rings is 2. The van der Waals surface area contributed by atoms with E-state index in [-0.39, 0.29) is 23.6 Å². The molecule has 9 heteroatoms. The number of nitrogens with one attached hydrogen (secondary N) is 1. The standard InChI is InChI=1S/C22H23F2N3O3S/c1-15-20(6-7-21(22(15)24)31(28,29)14-17-8-11-30-26-17)25-12-18-16(4-2-5-19(18)23)13-27-9-3-10-27/h2,4-8,11,25H,3,9-10,12-14H2,1H3. The van der Waals surface area contributed by atoms with Crippen LogP contribution in [0.4, 0.5) is 14.5 Å². The molecule has 0 spiro atoms. The van der Waals surface area contributed by atoms with Crippen LogP contribution in [0.1, 0.15) is 28.8 Å². The highest BCUT2D eigenvalue weighted by Gasteiger charge is 2.24. The van der Waals surface area contributed by atoms with E-state index in [1.165, 1.54) is 37.5 Å². The Morgan fingerprint density at radius 1 is 1.16 bits per heavy atom. The van der Waals surface area contributed by atoms with Crippen LogP contribution in [0.15, 0.2) is 52.1 Å². The fraction of sp³-hybridized carbons (Fsp3) is 0.318. The first-order valence-corrected chi connectivity index (χ1v) is 11.6. The maximum atomic E-state index is 15.0. The van der Waals surface area contributed by atoms with Gasteiger partial charge in [0.05, 0.1) is 5.69 Å². The van der Waals surface area contributed by atoms with Crippen LogP contribution in [0.2, 0.25) is 0 Å². The normalized spacial score (nSPS) is 14.4. The largest absolute Gasteiger partial charge is 0.381 e. The third-order valence-electron chi connectivity index (χ3n) is 5.53. The first kappa shape index (κ1) is 21.5. The van der Waals surface area contributed by atoms with Gasteiger partial charge in [-0.1, -0.05) is 17.3 Å². The lowest BCUT2D eigenvalue weighted by Gasteiger charge is -2.31. The summed E-state index contributed by atoms with van der Waals surface area (Å²) >= 11 is 0. The topological polar surface area (TPSA) is 75.4 Å². The fourth-order valence-corrected chi connectivity index (χ4v) is 4.99. The summed E-state index contributed by atoms with van der Waals surface area (Å²) in [5.74, 6) is -1.61. The molecule has 0 saturated carbocycles. The molecule has 1 aliphatic rings. The minimum Gasteiger partial charge on any atom is -0.381 e. The number of anilines is 1. The Labute approximate surface area is 179 Å². The molecule has 1 N–H and O–H groups in total. The van der Waals surface area contributed by atoms with E-state index in [0.717, 1.165) is 25.1 Å². The first-order chi connectivity index (χ1) is 14.8. The second-order valence-electron chi connectivity index (χ2n) is 7.66. The Morgan fingerprint density at radius 3 is 2.65 bits per heavy atom. The smallest absolute Gasteiger partial charge is 0.187 e. The molecule has 2 aromatic carbocycles. The van der Waals surface area contributed by atoms with E-state index in [4.69, 9.17) is 0 Å². The van der Waals surface area contributed by atoms with Gasteiger partial charge in [-0.05, 0) is 50.2 Å². The highest BCUT2D eigenvalue weighted by Crippen LogP contribution is 2.28. The van der Waals surface area contributed by atoms with E-state index < -0.39 is 26.3 Å². The molecule has 1 aromatic heterocycles. The fourth-order valence-electron chi connectivity index (χ4n) is 3.59. The van der Waals surface area contributed by atoms with Gasteiger partial charge in [0.2, 0.25) is 0 Å². The van der Waals surface area contributed by atoms with Crippen LogP contribution >= 0.6 is 0 Å². The van der Waals surface area contributed by atoms with Crippen LogP contribution in [0.3, 0.4) is 0 Å². The molecule has 164 valence electrons. The van der Waals surface area contributed by atoms with Gasteiger partial charge in [-0.15, -0.1) is 0 Å². The molecule has 3 aromatic rings. The van der Waals surface area contributed by atoms with E-state index in [2.05, 4.69) is 19.9 Å². The summed E-state index contributed by atoms with van der Waals surface area (Å²) < 4.78 is 59.3. The molecule has 2 heterocycles. The number of halogens is 2. The van der Waals surface area contributed by atoms with Crippen molar-refractivity contribution < 1.29 is 21.7 Å². The van der Waals surface area contributed by atoms with Crippen LogP contribution < -0.4 is 5.32 Å². The van der Waals surface area contributed by atoms with Crippen molar-refractivity contribution >= 4 is 15.5 Å². The van der Waals surface area contributed by atoms with E-state index in [1.807, 2.05) is 6.07 Å². The number of sulfone groups is 1. The van der Waals surface area contributed by atoms with Crippen LogP contribution in [0, 0.1) is 18.6 Å². The van der Waals surface area contributed by atoms with Gasteiger partial charge in [0.1, 0.15) is 28.5 Å². The molecule has 31 heavy (non-hydrogen) atoms. The van der Waals surface area contributed by atoms with Crippen LogP contribution in [-0.2, 0) is 28.7 Å². The number of hydrogen-bond donors (Lipinski definition) is 1. The summed E-state index contributed by atoms with van der Waals surface area (Å²) in [7, 11) is -3.93. The van der Waals surface area contributed by atoms with Crippen molar-refractivity contribution in [2.75, 3.05) is 18.4 Å². The molecule has 6 nitrogen and oxygen atoms in total. The quantitative estimate of drug-likeness (QED) is 0.562. The molecule has 1 fully saturated rings. The van der Waals surface area contributed by atoms with Gasteiger partial charge in [0.25, 0.3) is 0 Å². The van der Waals surface area contributed by atoms with Crippen LogP contribution in [0.25, 0.3) is 0 Å². The Kier molecular flexibility index (Phi) is 6.06.